The average molecular weight is 437 g/mol. The predicted octanol–water partition coefficient (Wildman–Crippen LogP) is 3.63. The third kappa shape index (κ3) is 3.64. The number of amides is 1. The predicted molar refractivity (Wildman–Crippen MR) is 116 cm³/mol. The second-order valence-corrected chi connectivity index (χ2v) is 7.80. The maximum Gasteiger partial charge on any atom is 0.255 e. The molecule has 2 aromatic heterocycles. The monoisotopic (exact) mass is 437 g/mol. The van der Waals surface area contributed by atoms with Crippen LogP contribution < -0.4 is 15.5 Å². The Morgan fingerprint density at radius 3 is 2.72 bits per heavy atom. The van der Waals surface area contributed by atoms with E-state index in [-0.39, 0.29) is 29.8 Å². The first-order valence-electron chi connectivity index (χ1n) is 10.3. The number of pyridine rings is 2. The molecule has 32 heavy (non-hydrogen) atoms. The number of rotatable bonds is 4. The third-order valence-electron chi connectivity index (χ3n) is 5.67. The summed E-state index contributed by atoms with van der Waals surface area (Å²) in [5, 5.41) is 5.83. The minimum atomic E-state index is -0.720. The highest BCUT2D eigenvalue weighted by atomic mass is 19.1. The topological polar surface area (TPSA) is 79.4 Å². The molecular weight excluding hydrogens is 416 g/mol. The molecule has 1 aromatic carbocycles. The molecule has 1 atom stereocenters. The second kappa shape index (κ2) is 8.16. The molecule has 9 heteroatoms. The highest BCUT2D eigenvalue weighted by Crippen LogP contribution is 2.33. The van der Waals surface area contributed by atoms with E-state index in [0.29, 0.717) is 36.0 Å². The van der Waals surface area contributed by atoms with Crippen molar-refractivity contribution in [3.63, 3.8) is 0 Å². The van der Waals surface area contributed by atoms with Gasteiger partial charge >= 0.3 is 0 Å². The molecule has 5 rings (SSSR count). The average Bonchev–Trinajstić information content (AvgIpc) is 3.16. The molecule has 0 spiro atoms. The Kier molecular flexibility index (Phi) is 5.18. The van der Waals surface area contributed by atoms with Gasteiger partial charge in [0.1, 0.15) is 17.5 Å². The number of carbonyl (C=O) groups is 1. The summed E-state index contributed by atoms with van der Waals surface area (Å²) in [5.41, 5.74) is 2.01. The van der Waals surface area contributed by atoms with Crippen LogP contribution >= 0.6 is 0 Å². The highest BCUT2D eigenvalue weighted by molar-refractivity contribution is 6.04. The first kappa shape index (κ1) is 20.3. The van der Waals surface area contributed by atoms with Crippen LogP contribution in [-0.2, 0) is 11.3 Å². The quantitative estimate of drug-likeness (QED) is 0.649. The summed E-state index contributed by atoms with van der Waals surface area (Å²) in [5.74, 6) is -1.23. The van der Waals surface area contributed by atoms with Crippen LogP contribution in [0.3, 0.4) is 0 Å². The minimum Gasteiger partial charge on any atom is -0.377 e. The van der Waals surface area contributed by atoms with Crippen molar-refractivity contribution >= 4 is 23.1 Å². The summed E-state index contributed by atoms with van der Waals surface area (Å²) in [6.45, 7) is 4.39. The Bertz CT molecular complexity index is 1170. The lowest BCUT2D eigenvalue weighted by Crippen LogP contribution is -2.43. The maximum absolute atomic E-state index is 14.4. The summed E-state index contributed by atoms with van der Waals surface area (Å²) in [6.07, 6.45) is 1.75. The van der Waals surface area contributed by atoms with Gasteiger partial charge in [0.25, 0.3) is 5.91 Å². The number of benzene rings is 1. The fraction of sp³-hybridized carbons (Fsp3) is 0.261. The molecule has 2 N–H and O–H groups in total. The zero-order valence-electron chi connectivity index (χ0n) is 17.4. The van der Waals surface area contributed by atoms with Gasteiger partial charge in [0.2, 0.25) is 0 Å². The lowest BCUT2D eigenvalue weighted by molar-refractivity contribution is 0.0966. The first-order valence-corrected chi connectivity index (χ1v) is 10.3. The van der Waals surface area contributed by atoms with Crippen LogP contribution in [0.4, 0.5) is 26.0 Å². The molecular formula is C23H21F2N5O2. The van der Waals surface area contributed by atoms with Gasteiger partial charge in [0.05, 0.1) is 59.8 Å². The van der Waals surface area contributed by atoms with E-state index in [0.717, 1.165) is 12.2 Å². The lowest BCUT2D eigenvalue weighted by Gasteiger charge is -2.35. The van der Waals surface area contributed by atoms with E-state index in [2.05, 4.69) is 32.4 Å². The largest absolute Gasteiger partial charge is 0.377 e. The van der Waals surface area contributed by atoms with Crippen molar-refractivity contribution in [1.82, 2.24) is 15.3 Å². The van der Waals surface area contributed by atoms with Crippen molar-refractivity contribution in [1.29, 1.82) is 0 Å². The van der Waals surface area contributed by atoms with E-state index in [1.807, 2.05) is 6.07 Å². The number of ether oxygens (including phenoxy) is 1. The fourth-order valence-corrected chi connectivity index (χ4v) is 4.08. The molecule has 1 saturated heterocycles. The van der Waals surface area contributed by atoms with Crippen molar-refractivity contribution in [3.8, 4) is 11.3 Å². The maximum atomic E-state index is 14.4. The third-order valence-corrected chi connectivity index (χ3v) is 5.67. The number of hydrogen-bond acceptors (Lipinski definition) is 6. The smallest absolute Gasteiger partial charge is 0.255 e. The normalized spacial score (nSPS) is 17.8. The highest BCUT2D eigenvalue weighted by Gasteiger charge is 2.27. The van der Waals surface area contributed by atoms with Crippen LogP contribution in [0.1, 0.15) is 23.0 Å². The number of aromatic nitrogens is 2. The summed E-state index contributed by atoms with van der Waals surface area (Å²) >= 11 is 0. The molecule has 1 amide bonds. The molecule has 7 nitrogen and oxygen atoms in total. The number of nitrogens with one attached hydrogen (secondary N) is 2. The van der Waals surface area contributed by atoms with Crippen LogP contribution in [0.15, 0.2) is 42.6 Å². The van der Waals surface area contributed by atoms with Gasteiger partial charge in [-0.1, -0.05) is 6.07 Å². The van der Waals surface area contributed by atoms with E-state index in [1.165, 1.54) is 24.3 Å². The minimum absolute atomic E-state index is 0.108. The lowest BCUT2D eigenvalue weighted by atomic mass is 10.1. The molecule has 0 saturated carbocycles. The number of morpholine rings is 1. The van der Waals surface area contributed by atoms with Crippen LogP contribution in [-0.4, -0.2) is 41.7 Å². The number of hydrogen-bond donors (Lipinski definition) is 2. The van der Waals surface area contributed by atoms with E-state index in [1.54, 1.807) is 12.3 Å². The van der Waals surface area contributed by atoms with Crippen LogP contribution in [0.5, 0.6) is 0 Å². The second-order valence-electron chi connectivity index (χ2n) is 7.80. The van der Waals surface area contributed by atoms with E-state index < -0.39 is 11.6 Å². The number of nitrogens with zero attached hydrogens (tertiary/aromatic N) is 3. The Balaban J connectivity index is 1.49. The molecule has 2 aliphatic rings. The van der Waals surface area contributed by atoms with Gasteiger partial charge in [-0.2, -0.15) is 0 Å². The van der Waals surface area contributed by atoms with Crippen LogP contribution in [0, 0.1) is 11.6 Å². The number of fused-ring (bicyclic) bond motifs is 1. The molecule has 0 aliphatic carbocycles. The fourth-order valence-electron chi connectivity index (χ4n) is 4.08. The Hall–Kier alpha value is -3.59. The van der Waals surface area contributed by atoms with E-state index in [9.17, 15) is 13.6 Å². The van der Waals surface area contributed by atoms with Crippen molar-refractivity contribution in [3.05, 3.63) is 65.5 Å². The van der Waals surface area contributed by atoms with Crippen molar-refractivity contribution in [2.75, 3.05) is 30.0 Å². The molecule has 1 unspecified atom stereocenters. The van der Waals surface area contributed by atoms with E-state index >= 15 is 0 Å². The molecule has 3 aromatic rings. The van der Waals surface area contributed by atoms with Gasteiger partial charge in [0.15, 0.2) is 0 Å². The van der Waals surface area contributed by atoms with Gasteiger partial charge < -0.3 is 20.3 Å². The summed E-state index contributed by atoms with van der Waals surface area (Å²) in [6, 6.07) is 9.12. The SMILES string of the molecule is CC1COCCN1c1ccc(Nc2cc(-c3c(F)cccc3F)nc3c2C(=O)NC3)nc1. The number of carbonyl (C=O) groups excluding carboxylic acids is 1. The zero-order chi connectivity index (χ0) is 22.2. The van der Waals surface area contributed by atoms with Gasteiger partial charge in [-0.3, -0.25) is 4.79 Å². The number of anilines is 3. The molecule has 164 valence electrons. The Morgan fingerprint density at radius 1 is 1.19 bits per heavy atom. The van der Waals surface area contributed by atoms with Crippen LogP contribution in [0.25, 0.3) is 11.3 Å². The standard InChI is InChI=1S/C23H21F2N5O2/c1-13-12-32-8-7-30(13)14-5-6-20(26-10-14)29-18-9-17(21-15(24)3-2-4-16(21)25)28-19-11-27-23(31)22(18)19/h2-6,9-10,13H,7-8,11-12H2,1H3,(H,27,31)(H,26,28,29). The summed E-state index contributed by atoms with van der Waals surface area (Å²) in [4.78, 5) is 23.4. The van der Waals surface area contributed by atoms with Crippen molar-refractivity contribution < 1.29 is 18.3 Å². The van der Waals surface area contributed by atoms with E-state index in [4.69, 9.17) is 4.74 Å². The zero-order valence-corrected chi connectivity index (χ0v) is 17.4. The Morgan fingerprint density at radius 2 is 2.00 bits per heavy atom. The van der Waals surface area contributed by atoms with Crippen molar-refractivity contribution in [2.24, 2.45) is 0 Å². The molecule has 0 bridgehead atoms. The van der Waals surface area contributed by atoms with Crippen molar-refractivity contribution in [2.45, 2.75) is 19.5 Å². The van der Waals surface area contributed by atoms with Gasteiger partial charge in [0, 0.05) is 12.6 Å². The summed E-state index contributed by atoms with van der Waals surface area (Å²) < 4.78 is 34.2. The summed E-state index contributed by atoms with van der Waals surface area (Å²) in [7, 11) is 0. The Labute approximate surface area is 183 Å². The van der Waals surface area contributed by atoms with Crippen LogP contribution in [0.2, 0.25) is 0 Å². The molecule has 1 fully saturated rings. The van der Waals surface area contributed by atoms with Gasteiger partial charge in [-0.25, -0.2) is 18.7 Å². The number of halogens is 2. The first-order chi connectivity index (χ1) is 15.5. The molecule has 2 aliphatic heterocycles. The van der Waals surface area contributed by atoms with Gasteiger partial charge in [-0.15, -0.1) is 0 Å². The molecule has 0 radical (unpaired) electrons. The van der Waals surface area contributed by atoms with Gasteiger partial charge in [-0.05, 0) is 37.3 Å². The molecule has 4 heterocycles.